The third kappa shape index (κ3) is 6.22. The van der Waals surface area contributed by atoms with E-state index in [1.54, 1.807) is 6.92 Å². The molecule has 1 N–H and O–H groups in total. The van der Waals surface area contributed by atoms with Crippen molar-refractivity contribution >= 4 is 5.91 Å². The maximum atomic E-state index is 11.6. The molecule has 7 nitrogen and oxygen atoms in total. The van der Waals surface area contributed by atoms with Crippen LogP contribution in [0.1, 0.15) is 37.4 Å². The van der Waals surface area contributed by atoms with Crippen molar-refractivity contribution in [3.8, 4) is 0 Å². The van der Waals surface area contributed by atoms with Crippen molar-refractivity contribution in [2.24, 2.45) is 0 Å². The summed E-state index contributed by atoms with van der Waals surface area (Å²) in [5, 5.41) is 6.53. The van der Waals surface area contributed by atoms with E-state index in [4.69, 9.17) is 14.0 Å². The van der Waals surface area contributed by atoms with Gasteiger partial charge in [-0.2, -0.15) is 4.98 Å². The van der Waals surface area contributed by atoms with Gasteiger partial charge in [-0.3, -0.25) is 4.79 Å². The van der Waals surface area contributed by atoms with Gasteiger partial charge in [0.15, 0.2) is 5.82 Å². The lowest BCUT2D eigenvalue weighted by atomic mass is 10.2. The Bertz CT molecular complexity index is 430. The average molecular weight is 297 g/mol. The first kappa shape index (κ1) is 15.9. The molecule has 1 saturated heterocycles. The molecule has 2 rings (SSSR count). The van der Waals surface area contributed by atoms with E-state index in [0.29, 0.717) is 44.3 Å². The van der Waals surface area contributed by atoms with Gasteiger partial charge < -0.3 is 19.3 Å². The number of carbonyl (C=O) groups is 1. The Labute approximate surface area is 124 Å². The topological polar surface area (TPSA) is 86.5 Å². The number of amides is 1. The van der Waals surface area contributed by atoms with Gasteiger partial charge in [-0.05, 0) is 26.2 Å². The van der Waals surface area contributed by atoms with Crippen LogP contribution >= 0.6 is 0 Å². The van der Waals surface area contributed by atoms with Crippen LogP contribution in [0, 0.1) is 6.92 Å². The molecule has 1 aromatic rings. The number of aromatic nitrogens is 2. The minimum atomic E-state index is -0.00928. The van der Waals surface area contributed by atoms with Crippen LogP contribution in [0.15, 0.2) is 4.52 Å². The summed E-state index contributed by atoms with van der Waals surface area (Å²) < 4.78 is 15.9. The van der Waals surface area contributed by atoms with Crippen LogP contribution < -0.4 is 5.32 Å². The van der Waals surface area contributed by atoms with Crippen molar-refractivity contribution in [1.29, 1.82) is 0 Å². The van der Waals surface area contributed by atoms with Crippen LogP contribution in [0.2, 0.25) is 0 Å². The van der Waals surface area contributed by atoms with Crippen molar-refractivity contribution in [1.82, 2.24) is 15.5 Å². The molecule has 0 bridgehead atoms. The second-order valence-electron chi connectivity index (χ2n) is 5.15. The molecular formula is C14H23N3O4. The molecule has 0 saturated carbocycles. The lowest BCUT2D eigenvalue weighted by Gasteiger charge is -2.10. The number of rotatable bonds is 9. The fourth-order valence-corrected chi connectivity index (χ4v) is 2.14. The molecule has 0 aliphatic carbocycles. The van der Waals surface area contributed by atoms with Crippen molar-refractivity contribution in [3.63, 3.8) is 0 Å². The Hall–Kier alpha value is -1.47. The van der Waals surface area contributed by atoms with Crippen LogP contribution in [0.25, 0.3) is 0 Å². The van der Waals surface area contributed by atoms with Gasteiger partial charge in [-0.15, -0.1) is 0 Å². The normalized spacial score (nSPS) is 18.0. The highest BCUT2D eigenvalue weighted by Crippen LogP contribution is 2.11. The number of nitrogens with one attached hydrogen (secondary N) is 1. The first-order chi connectivity index (χ1) is 10.2. The van der Waals surface area contributed by atoms with Gasteiger partial charge in [0.1, 0.15) is 0 Å². The molecule has 7 heteroatoms. The van der Waals surface area contributed by atoms with E-state index in [-0.39, 0.29) is 12.0 Å². The highest BCUT2D eigenvalue weighted by Gasteiger charge is 2.14. The van der Waals surface area contributed by atoms with Crippen LogP contribution in [0.4, 0.5) is 0 Å². The summed E-state index contributed by atoms with van der Waals surface area (Å²) in [4.78, 5) is 15.7. The van der Waals surface area contributed by atoms with Gasteiger partial charge in [-0.1, -0.05) is 5.16 Å². The van der Waals surface area contributed by atoms with Gasteiger partial charge >= 0.3 is 0 Å². The maximum absolute atomic E-state index is 11.6. The van der Waals surface area contributed by atoms with E-state index in [0.717, 1.165) is 25.9 Å². The molecule has 0 spiro atoms. The largest absolute Gasteiger partial charge is 0.379 e. The number of carbonyl (C=O) groups excluding carboxylic acids is 1. The van der Waals surface area contributed by atoms with Crippen LogP contribution in [-0.4, -0.2) is 48.5 Å². The van der Waals surface area contributed by atoms with E-state index in [9.17, 15) is 4.79 Å². The van der Waals surface area contributed by atoms with Gasteiger partial charge in [-0.25, -0.2) is 0 Å². The summed E-state index contributed by atoms with van der Waals surface area (Å²) in [6.07, 6.45) is 4.12. The molecule has 1 fully saturated rings. The summed E-state index contributed by atoms with van der Waals surface area (Å²) >= 11 is 0. The predicted molar refractivity (Wildman–Crippen MR) is 74.8 cm³/mol. The van der Waals surface area contributed by atoms with Crippen molar-refractivity contribution < 1.29 is 18.8 Å². The minimum Gasteiger partial charge on any atom is -0.379 e. The molecule has 1 aliphatic rings. The predicted octanol–water partition coefficient (Wildman–Crippen LogP) is 1.01. The van der Waals surface area contributed by atoms with Crippen LogP contribution in [0.5, 0.6) is 0 Å². The van der Waals surface area contributed by atoms with E-state index in [1.807, 2.05) is 0 Å². The van der Waals surface area contributed by atoms with E-state index >= 15 is 0 Å². The number of hydrogen-bond acceptors (Lipinski definition) is 6. The Morgan fingerprint density at radius 1 is 1.52 bits per heavy atom. The number of ether oxygens (including phenoxy) is 2. The quantitative estimate of drug-likeness (QED) is 0.685. The maximum Gasteiger partial charge on any atom is 0.227 e. The zero-order valence-electron chi connectivity index (χ0n) is 12.5. The molecule has 1 aliphatic heterocycles. The summed E-state index contributed by atoms with van der Waals surface area (Å²) in [6.45, 7) is 4.52. The molecule has 118 valence electrons. The van der Waals surface area contributed by atoms with Crippen molar-refractivity contribution in [2.45, 2.75) is 45.1 Å². The van der Waals surface area contributed by atoms with E-state index in [2.05, 4.69) is 15.5 Å². The Morgan fingerprint density at radius 3 is 3.14 bits per heavy atom. The average Bonchev–Trinajstić information content (AvgIpc) is 3.12. The molecule has 1 aromatic heterocycles. The first-order valence-corrected chi connectivity index (χ1v) is 7.49. The molecular weight excluding hydrogens is 274 g/mol. The summed E-state index contributed by atoms with van der Waals surface area (Å²) in [6, 6.07) is 0. The van der Waals surface area contributed by atoms with Crippen LogP contribution in [0.3, 0.4) is 0 Å². The molecule has 1 atom stereocenters. The van der Waals surface area contributed by atoms with Gasteiger partial charge in [0, 0.05) is 32.6 Å². The van der Waals surface area contributed by atoms with E-state index < -0.39 is 0 Å². The molecule has 1 unspecified atom stereocenters. The Balaban J connectivity index is 1.43. The second kappa shape index (κ2) is 8.74. The van der Waals surface area contributed by atoms with Crippen LogP contribution in [-0.2, 0) is 20.7 Å². The highest BCUT2D eigenvalue weighted by molar-refractivity contribution is 5.75. The molecule has 2 heterocycles. The van der Waals surface area contributed by atoms with Gasteiger partial charge in [0.25, 0.3) is 0 Å². The fourth-order valence-electron chi connectivity index (χ4n) is 2.14. The lowest BCUT2D eigenvalue weighted by molar-refractivity contribution is -0.121. The number of nitrogens with zero attached hydrogens (tertiary/aromatic N) is 2. The first-order valence-electron chi connectivity index (χ1n) is 7.49. The number of hydrogen-bond donors (Lipinski definition) is 1. The molecule has 1 amide bonds. The van der Waals surface area contributed by atoms with Gasteiger partial charge in [0.05, 0.1) is 12.7 Å². The fraction of sp³-hybridized carbons (Fsp3) is 0.786. The highest BCUT2D eigenvalue weighted by atomic mass is 16.5. The van der Waals surface area contributed by atoms with Gasteiger partial charge in [0.2, 0.25) is 11.8 Å². The third-order valence-electron chi connectivity index (χ3n) is 3.25. The van der Waals surface area contributed by atoms with Crippen molar-refractivity contribution in [2.75, 3.05) is 26.4 Å². The molecule has 21 heavy (non-hydrogen) atoms. The summed E-state index contributed by atoms with van der Waals surface area (Å²) in [7, 11) is 0. The molecule has 0 aromatic carbocycles. The SMILES string of the molecule is Cc1noc(CCC(=O)NCCCOCC2CCCO2)n1. The minimum absolute atomic E-state index is 0.00928. The Kier molecular flexibility index (Phi) is 6.62. The number of aryl methyl sites for hydroxylation is 2. The van der Waals surface area contributed by atoms with Crippen molar-refractivity contribution in [3.05, 3.63) is 11.7 Å². The molecule has 0 radical (unpaired) electrons. The third-order valence-corrected chi connectivity index (χ3v) is 3.25. The Morgan fingerprint density at radius 2 is 2.43 bits per heavy atom. The zero-order valence-corrected chi connectivity index (χ0v) is 12.5. The summed E-state index contributed by atoms with van der Waals surface area (Å²) in [5.41, 5.74) is 0. The monoisotopic (exact) mass is 297 g/mol. The zero-order chi connectivity index (χ0) is 14.9. The summed E-state index contributed by atoms with van der Waals surface area (Å²) in [5.74, 6) is 1.08. The van der Waals surface area contributed by atoms with E-state index in [1.165, 1.54) is 0 Å². The second-order valence-corrected chi connectivity index (χ2v) is 5.15. The lowest BCUT2D eigenvalue weighted by Crippen LogP contribution is -2.26. The smallest absolute Gasteiger partial charge is 0.227 e. The standard InChI is InChI=1S/C14H23N3O4/c1-11-16-14(21-17-11)6-5-13(18)15-7-3-8-19-10-12-4-2-9-20-12/h12H,2-10H2,1H3,(H,15,18).